The third kappa shape index (κ3) is 0.813. The molecular weight excluding hydrogens is 200 g/mol. The van der Waals surface area contributed by atoms with Crippen LogP contribution >= 0.6 is 0 Å². The fraction of sp³-hybridized carbons (Fsp3) is 0.786. The van der Waals surface area contributed by atoms with Gasteiger partial charge in [-0.3, -0.25) is 4.79 Å². The minimum absolute atomic E-state index is 0.296. The Balaban J connectivity index is 1.71. The molecule has 4 rings (SSSR count). The lowest BCUT2D eigenvalue weighted by Crippen LogP contribution is -2.42. The number of rotatable bonds is 1. The van der Waals surface area contributed by atoms with Gasteiger partial charge in [0.25, 0.3) is 1.43 Å². The Hall–Kier alpha value is -0.790. The van der Waals surface area contributed by atoms with Gasteiger partial charge in [-0.15, -0.1) is 0 Å². The fourth-order valence-corrected chi connectivity index (χ4v) is 5.60. The summed E-state index contributed by atoms with van der Waals surface area (Å²) in [6, 6.07) is 0. The van der Waals surface area contributed by atoms with Crippen molar-refractivity contribution in [3.8, 4) is 0 Å². The Morgan fingerprint density at radius 1 is 1.38 bits per heavy atom. The minimum Gasteiger partial charge on any atom is -0.481 e. The molecule has 0 aliphatic heterocycles. The lowest BCUT2D eigenvalue weighted by Gasteiger charge is -2.40. The van der Waals surface area contributed by atoms with Crippen molar-refractivity contribution in [2.75, 3.05) is 0 Å². The van der Waals surface area contributed by atoms with E-state index in [1.165, 1.54) is 12.8 Å². The predicted octanol–water partition coefficient (Wildman–Crippen LogP) is 2.56. The molecule has 0 saturated heterocycles. The van der Waals surface area contributed by atoms with Crippen molar-refractivity contribution in [3.63, 3.8) is 0 Å². The molecule has 0 radical (unpaired) electrons. The third-order valence-electron chi connectivity index (χ3n) is 6.12. The van der Waals surface area contributed by atoms with Crippen LogP contribution in [0, 0.1) is 40.9 Å². The zero-order valence-corrected chi connectivity index (χ0v) is 9.56. The molecular formula is C14H18O2. The maximum Gasteiger partial charge on any atom is 0.309 e. The number of hydrogen-bond donors (Lipinski definition) is 1. The molecule has 7 atom stereocenters. The van der Waals surface area contributed by atoms with Crippen LogP contribution in [0.1, 0.15) is 26.2 Å². The Morgan fingerprint density at radius 3 is 2.88 bits per heavy atom. The zero-order valence-electron chi connectivity index (χ0n) is 10.6. The SMILES string of the molecule is [2H]OC(=O)C1(C)CC2CC1C1C3C=CC(C3)C21. The molecule has 3 saturated carbocycles. The van der Waals surface area contributed by atoms with Gasteiger partial charge in [0.2, 0.25) is 0 Å². The summed E-state index contributed by atoms with van der Waals surface area (Å²) in [4.78, 5) is 11.9. The summed E-state index contributed by atoms with van der Waals surface area (Å²) in [6.45, 7) is 2.03. The summed E-state index contributed by atoms with van der Waals surface area (Å²) in [5.74, 6) is 3.91. The molecule has 0 spiro atoms. The molecule has 0 amide bonds. The highest BCUT2D eigenvalue weighted by molar-refractivity contribution is 5.75. The van der Waals surface area contributed by atoms with E-state index in [9.17, 15) is 4.79 Å². The third-order valence-corrected chi connectivity index (χ3v) is 6.12. The van der Waals surface area contributed by atoms with E-state index in [-0.39, 0.29) is 11.4 Å². The van der Waals surface area contributed by atoms with Crippen molar-refractivity contribution >= 4 is 5.97 Å². The second-order valence-electron chi connectivity index (χ2n) is 6.61. The molecule has 7 unspecified atom stereocenters. The van der Waals surface area contributed by atoms with Crippen LogP contribution in [0.5, 0.6) is 0 Å². The van der Waals surface area contributed by atoms with Crippen LogP contribution in [-0.2, 0) is 4.79 Å². The van der Waals surface area contributed by atoms with Gasteiger partial charge in [0, 0.05) is 0 Å². The molecule has 0 aromatic carbocycles. The summed E-state index contributed by atoms with van der Waals surface area (Å²) in [5.41, 5.74) is -0.369. The van der Waals surface area contributed by atoms with Gasteiger partial charge in [-0.2, -0.15) is 0 Å². The van der Waals surface area contributed by atoms with Gasteiger partial charge in [-0.25, -0.2) is 0 Å². The number of carboxylic acids is 1. The van der Waals surface area contributed by atoms with E-state index in [4.69, 9.17) is 1.43 Å². The Labute approximate surface area is 97.2 Å². The molecule has 0 heterocycles. The van der Waals surface area contributed by atoms with Crippen molar-refractivity contribution in [2.24, 2.45) is 40.9 Å². The van der Waals surface area contributed by atoms with Crippen LogP contribution in [0.25, 0.3) is 1.43 Å². The quantitative estimate of drug-likeness (QED) is 0.543. The number of carboxylic acid groups (broad SMARTS) is 1. The maximum atomic E-state index is 11.9. The highest BCUT2D eigenvalue weighted by Gasteiger charge is 2.66. The van der Waals surface area contributed by atoms with Gasteiger partial charge in [0.15, 0.2) is 0 Å². The molecule has 4 bridgehead atoms. The molecule has 2 heteroatoms. The van der Waals surface area contributed by atoms with Gasteiger partial charge >= 0.3 is 5.97 Å². The molecule has 86 valence electrons. The van der Waals surface area contributed by atoms with Gasteiger partial charge in [-0.1, -0.05) is 12.2 Å². The van der Waals surface area contributed by atoms with Crippen LogP contribution in [0.15, 0.2) is 12.2 Å². The molecule has 1 N–H and O–H groups in total. The van der Waals surface area contributed by atoms with Crippen molar-refractivity contribution in [1.82, 2.24) is 0 Å². The van der Waals surface area contributed by atoms with Gasteiger partial charge < -0.3 is 5.11 Å². The predicted molar refractivity (Wildman–Crippen MR) is 59.7 cm³/mol. The van der Waals surface area contributed by atoms with Crippen molar-refractivity contribution in [3.05, 3.63) is 12.2 Å². The van der Waals surface area contributed by atoms with E-state index in [0.29, 0.717) is 23.7 Å². The number of carbonyl (C=O) groups is 1. The van der Waals surface area contributed by atoms with E-state index >= 15 is 0 Å². The summed E-state index contributed by atoms with van der Waals surface area (Å²) >= 11 is 0. The van der Waals surface area contributed by atoms with E-state index in [0.717, 1.165) is 18.3 Å². The second-order valence-corrected chi connectivity index (χ2v) is 6.61. The molecule has 4 aliphatic rings. The number of hydrogen-bond acceptors (Lipinski definition) is 2. The Bertz CT molecular complexity index is 418. The first kappa shape index (κ1) is 8.32. The highest BCUT2D eigenvalue weighted by atomic mass is 16.4. The number of fused-ring (bicyclic) bond motifs is 9. The Morgan fingerprint density at radius 2 is 2.12 bits per heavy atom. The smallest absolute Gasteiger partial charge is 0.309 e. The van der Waals surface area contributed by atoms with E-state index in [1.54, 1.807) is 0 Å². The molecule has 4 aliphatic carbocycles. The summed E-state index contributed by atoms with van der Waals surface area (Å²) in [7, 11) is 0. The van der Waals surface area contributed by atoms with Crippen molar-refractivity contribution in [1.29, 1.82) is 1.43 Å². The molecule has 0 aromatic rings. The van der Waals surface area contributed by atoms with Crippen LogP contribution < -0.4 is 0 Å². The van der Waals surface area contributed by atoms with Crippen LogP contribution in [0.4, 0.5) is 0 Å². The topological polar surface area (TPSA) is 37.3 Å². The van der Waals surface area contributed by atoms with Crippen LogP contribution in [-0.4, -0.2) is 11.1 Å². The molecule has 16 heavy (non-hydrogen) atoms. The average Bonchev–Trinajstić information content (AvgIpc) is 3.03. The first-order chi connectivity index (χ1) is 8.15. The molecule has 3 fully saturated rings. The summed E-state index contributed by atoms with van der Waals surface area (Å²) in [6.07, 6.45) is 8.24. The summed E-state index contributed by atoms with van der Waals surface area (Å²) < 4.78 is 6.91. The largest absolute Gasteiger partial charge is 0.481 e. The maximum absolute atomic E-state index is 11.9. The van der Waals surface area contributed by atoms with Gasteiger partial charge in [0.05, 0.1) is 5.41 Å². The van der Waals surface area contributed by atoms with E-state index in [1.807, 2.05) is 6.92 Å². The first-order valence-corrected chi connectivity index (χ1v) is 6.51. The number of allylic oxidation sites excluding steroid dienone is 2. The summed E-state index contributed by atoms with van der Waals surface area (Å²) in [5, 5.41) is 4.31. The van der Waals surface area contributed by atoms with E-state index in [2.05, 4.69) is 17.3 Å². The minimum atomic E-state index is -0.369. The van der Waals surface area contributed by atoms with Gasteiger partial charge in [-0.05, 0) is 61.7 Å². The average molecular weight is 219 g/mol. The van der Waals surface area contributed by atoms with E-state index < -0.39 is 0 Å². The standard InChI is InChI=1S/C14H18O2/c1-14(13(15)16)6-9-5-10(14)12-8-3-2-7(4-8)11(9)12/h2-3,7-12H,4-6H2,1H3,(H,15,16)/i/hD. The lowest BCUT2D eigenvalue weighted by atomic mass is 9.63. The monoisotopic (exact) mass is 219 g/mol. The first-order valence-electron chi connectivity index (χ1n) is 6.92. The normalized spacial score (nSPS) is 61.2. The number of aliphatic carboxylic acids is 1. The van der Waals surface area contributed by atoms with Gasteiger partial charge in [0.1, 0.15) is 0 Å². The Kier molecular flexibility index (Phi) is 1.32. The van der Waals surface area contributed by atoms with Crippen LogP contribution in [0.2, 0.25) is 0 Å². The highest BCUT2D eigenvalue weighted by Crippen LogP contribution is 2.70. The zero-order chi connectivity index (χ0) is 11.8. The molecule has 2 nitrogen and oxygen atoms in total. The molecule has 0 aromatic heterocycles. The lowest BCUT2D eigenvalue weighted by molar-refractivity contribution is -0.153. The van der Waals surface area contributed by atoms with Crippen molar-refractivity contribution in [2.45, 2.75) is 26.2 Å². The van der Waals surface area contributed by atoms with Crippen LogP contribution in [0.3, 0.4) is 0 Å². The fourth-order valence-electron chi connectivity index (χ4n) is 5.60. The van der Waals surface area contributed by atoms with Crippen molar-refractivity contribution < 1.29 is 9.90 Å². The second kappa shape index (κ2) is 2.55.